The largest absolute Gasteiger partial charge is 0.454 e. The van der Waals surface area contributed by atoms with E-state index in [9.17, 15) is 14.7 Å². The Balaban J connectivity index is 0.00000261. The van der Waals surface area contributed by atoms with Gasteiger partial charge >= 0.3 is 0 Å². The molecule has 0 spiro atoms. The molecule has 0 fully saturated rings. The lowest BCUT2D eigenvalue weighted by atomic mass is 10.0. The minimum Gasteiger partial charge on any atom is -0.454 e. The Morgan fingerprint density at radius 3 is 2.30 bits per heavy atom. The molecule has 2 amide bonds. The van der Waals surface area contributed by atoms with E-state index >= 15 is 0 Å². The summed E-state index contributed by atoms with van der Waals surface area (Å²) in [4.78, 5) is 23.8. The Labute approximate surface area is 156 Å². The molecule has 0 unspecified atom stereocenters. The van der Waals surface area contributed by atoms with E-state index in [0.717, 1.165) is 11.1 Å². The van der Waals surface area contributed by atoms with Gasteiger partial charge in [0.25, 0.3) is 11.8 Å². The summed E-state index contributed by atoms with van der Waals surface area (Å²) in [6, 6.07) is 11.0. The molecule has 0 bridgehead atoms. The molecule has 8 heteroatoms. The summed E-state index contributed by atoms with van der Waals surface area (Å²) in [6.45, 7) is 1.53. The molecule has 27 heavy (non-hydrogen) atoms. The standard InChI is InChI=1S/C18H18N2O6.CH4/c1-10(21)16(18(23)20-24)19-17(22)12-4-2-11(3-5-12)13-6-7-14-15(8-13)26-9-25-14;/h2-8,10,16,21,24H,9H2,1H3,(H,19,22)(H,20,23);1H4/t10-,16+;/m1./s1. The van der Waals surface area contributed by atoms with Crippen LogP contribution >= 0.6 is 0 Å². The summed E-state index contributed by atoms with van der Waals surface area (Å²) in [6.07, 6.45) is -1.17. The zero-order valence-corrected chi connectivity index (χ0v) is 13.9. The number of fused-ring (bicyclic) bond motifs is 1. The highest BCUT2D eigenvalue weighted by atomic mass is 16.7. The SMILES string of the molecule is C.C[C@@H](O)[C@H](NC(=O)c1ccc(-c2ccc3c(c2)OCO3)cc1)C(=O)NO. The van der Waals surface area contributed by atoms with Gasteiger partial charge in [0, 0.05) is 5.56 Å². The van der Waals surface area contributed by atoms with Crippen LogP contribution in [0.15, 0.2) is 42.5 Å². The van der Waals surface area contributed by atoms with Crippen molar-refractivity contribution in [3.63, 3.8) is 0 Å². The number of nitrogens with one attached hydrogen (secondary N) is 2. The van der Waals surface area contributed by atoms with Crippen LogP contribution in [0, 0.1) is 0 Å². The van der Waals surface area contributed by atoms with Crippen LogP contribution in [0.5, 0.6) is 11.5 Å². The summed E-state index contributed by atoms with van der Waals surface area (Å²) < 4.78 is 10.6. The molecule has 0 saturated carbocycles. The van der Waals surface area contributed by atoms with Crippen molar-refractivity contribution in [3.05, 3.63) is 48.0 Å². The van der Waals surface area contributed by atoms with Gasteiger partial charge < -0.3 is 19.9 Å². The van der Waals surface area contributed by atoms with Gasteiger partial charge in [-0.2, -0.15) is 0 Å². The lowest BCUT2D eigenvalue weighted by Crippen LogP contribution is -2.51. The van der Waals surface area contributed by atoms with Crippen molar-refractivity contribution < 1.29 is 29.4 Å². The smallest absolute Gasteiger partial charge is 0.268 e. The average molecular weight is 374 g/mol. The van der Waals surface area contributed by atoms with Crippen LogP contribution in [0.25, 0.3) is 11.1 Å². The monoisotopic (exact) mass is 374 g/mol. The fourth-order valence-corrected chi connectivity index (χ4v) is 2.59. The van der Waals surface area contributed by atoms with Gasteiger partial charge in [-0.25, -0.2) is 5.48 Å². The number of aliphatic hydroxyl groups excluding tert-OH is 1. The highest BCUT2D eigenvalue weighted by molar-refractivity contribution is 5.98. The van der Waals surface area contributed by atoms with Crippen LogP contribution in [0.4, 0.5) is 0 Å². The van der Waals surface area contributed by atoms with Gasteiger partial charge in [0.1, 0.15) is 6.04 Å². The fourth-order valence-electron chi connectivity index (χ4n) is 2.59. The number of rotatable bonds is 5. The molecule has 2 aromatic rings. The lowest BCUT2D eigenvalue weighted by molar-refractivity contribution is -0.133. The summed E-state index contributed by atoms with van der Waals surface area (Å²) in [5, 5.41) is 20.6. The molecule has 0 radical (unpaired) electrons. The number of carbonyl (C=O) groups is 2. The number of hydrogen-bond acceptors (Lipinski definition) is 6. The first-order chi connectivity index (χ1) is 12.5. The number of aliphatic hydroxyl groups is 1. The molecule has 0 aromatic heterocycles. The van der Waals surface area contributed by atoms with Crippen molar-refractivity contribution in [1.82, 2.24) is 10.8 Å². The van der Waals surface area contributed by atoms with Gasteiger partial charge in [0.15, 0.2) is 11.5 Å². The van der Waals surface area contributed by atoms with Crippen molar-refractivity contribution in [2.75, 3.05) is 6.79 Å². The third kappa shape index (κ3) is 4.36. The molecule has 1 aliphatic heterocycles. The van der Waals surface area contributed by atoms with E-state index in [1.165, 1.54) is 12.4 Å². The van der Waals surface area contributed by atoms with Crippen molar-refractivity contribution in [1.29, 1.82) is 0 Å². The Morgan fingerprint density at radius 2 is 1.67 bits per heavy atom. The van der Waals surface area contributed by atoms with Crippen molar-refractivity contribution in [3.8, 4) is 22.6 Å². The zero-order valence-electron chi connectivity index (χ0n) is 13.9. The zero-order chi connectivity index (χ0) is 18.7. The first kappa shape index (κ1) is 20.2. The number of ether oxygens (including phenoxy) is 2. The molecule has 144 valence electrons. The fraction of sp³-hybridized carbons (Fsp3) is 0.263. The van der Waals surface area contributed by atoms with E-state index in [0.29, 0.717) is 17.1 Å². The second-order valence-corrected chi connectivity index (χ2v) is 5.81. The van der Waals surface area contributed by atoms with E-state index in [1.54, 1.807) is 24.3 Å². The Morgan fingerprint density at radius 1 is 1.04 bits per heavy atom. The summed E-state index contributed by atoms with van der Waals surface area (Å²) in [5.74, 6) is -0.0859. The molecule has 0 aliphatic carbocycles. The van der Waals surface area contributed by atoms with Crippen molar-refractivity contribution in [2.24, 2.45) is 0 Å². The summed E-state index contributed by atoms with van der Waals surface area (Å²) >= 11 is 0. The van der Waals surface area contributed by atoms with Crippen LogP contribution in [-0.4, -0.2) is 41.1 Å². The minimum absolute atomic E-state index is 0. The van der Waals surface area contributed by atoms with Gasteiger partial charge in [-0.05, 0) is 42.3 Å². The van der Waals surface area contributed by atoms with E-state index in [4.69, 9.17) is 14.7 Å². The van der Waals surface area contributed by atoms with E-state index < -0.39 is 24.0 Å². The topological polar surface area (TPSA) is 117 Å². The predicted molar refractivity (Wildman–Crippen MR) is 97.6 cm³/mol. The van der Waals surface area contributed by atoms with E-state index in [1.807, 2.05) is 18.2 Å². The first-order valence-corrected chi connectivity index (χ1v) is 7.92. The number of benzene rings is 2. The van der Waals surface area contributed by atoms with Crippen LogP contribution in [0.3, 0.4) is 0 Å². The second-order valence-electron chi connectivity index (χ2n) is 5.81. The molecular weight excluding hydrogens is 352 g/mol. The van der Waals surface area contributed by atoms with Gasteiger partial charge in [-0.1, -0.05) is 25.6 Å². The van der Waals surface area contributed by atoms with Gasteiger partial charge in [0.05, 0.1) is 6.10 Å². The van der Waals surface area contributed by atoms with Gasteiger partial charge in [0.2, 0.25) is 6.79 Å². The van der Waals surface area contributed by atoms with Crippen molar-refractivity contribution >= 4 is 11.8 Å². The molecular formula is C19H22N2O6. The molecule has 0 saturated heterocycles. The highest BCUT2D eigenvalue weighted by Gasteiger charge is 2.25. The molecule has 1 aliphatic rings. The normalized spacial score (nSPS) is 13.9. The summed E-state index contributed by atoms with van der Waals surface area (Å²) in [5.41, 5.74) is 3.51. The molecule has 2 atom stereocenters. The molecule has 4 N–H and O–H groups in total. The van der Waals surface area contributed by atoms with Gasteiger partial charge in [-0.15, -0.1) is 0 Å². The van der Waals surface area contributed by atoms with E-state index in [2.05, 4.69) is 5.32 Å². The highest BCUT2D eigenvalue weighted by Crippen LogP contribution is 2.35. The Bertz CT molecular complexity index is 819. The molecule has 2 aromatic carbocycles. The predicted octanol–water partition coefficient (Wildman–Crippen LogP) is 1.70. The molecule has 8 nitrogen and oxygen atoms in total. The maximum Gasteiger partial charge on any atom is 0.268 e. The quantitative estimate of drug-likeness (QED) is 0.467. The number of hydrogen-bond donors (Lipinski definition) is 4. The number of hydroxylamine groups is 1. The lowest BCUT2D eigenvalue weighted by Gasteiger charge is -2.19. The summed E-state index contributed by atoms with van der Waals surface area (Å²) in [7, 11) is 0. The van der Waals surface area contributed by atoms with Crippen LogP contribution in [0.2, 0.25) is 0 Å². The maximum atomic E-state index is 12.3. The second kappa shape index (κ2) is 8.52. The number of carbonyl (C=O) groups excluding carboxylic acids is 2. The minimum atomic E-state index is -1.26. The third-order valence-corrected chi connectivity index (χ3v) is 4.01. The van der Waals surface area contributed by atoms with Gasteiger partial charge in [-0.3, -0.25) is 14.8 Å². The average Bonchev–Trinajstić information content (AvgIpc) is 3.13. The van der Waals surface area contributed by atoms with Crippen molar-refractivity contribution in [2.45, 2.75) is 26.5 Å². The van der Waals surface area contributed by atoms with Crippen LogP contribution in [-0.2, 0) is 4.79 Å². The molecule has 3 rings (SSSR count). The third-order valence-electron chi connectivity index (χ3n) is 4.01. The maximum absolute atomic E-state index is 12.3. The molecule has 1 heterocycles. The van der Waals surface area contributed by atoms with E-state index in [-0.39, 0.29) is 14.2 Å². The Hall–Kier alpha value is -3.10. The van der Waals surface area contributed by atoms with Crippen LogP contribution < -0.4 is 20.3 Å². The Kier molecular flexibility index (Phi) is 6.38. The first-order valence-electron chi connectivity index (χ1n) is 7.92. The van der Waals surface area contributed by atoms with Crippen LogP contribution in [0.1, 0.15) is 24.7 Å². The number of amides is 2.